The van der Waals surface area contributed by atoms with E-state index in [0.717, 1.165) is 0 Å². The largest absolute Gasteiger partial charge is 0.380 e. The van der Waals surface area contributed by atoms with Crippen molar-refractivity contribution < 1.29 is 9.63 Å². The Kier molecular flexibility index (Phi) is 5.07. The molecule has 2 rings (SSSR count). The van der Waals surface area contributed by atoms with E-state index in [-0.39, 0.29) is 21.4 Å². The van der Waals surface area contributed by atoms with E-state index in [1.54, 1.807) is 30.3 Å². The maximum Gasteiger partial charge on any atom is 0.368 e. The number of hydrogen-bond acceptors (Lipinski definition) is 3. The number of amidine groups is 1. The fraction of sp³-hybridized carbons (Fsp3) is 0. The molecule has 0 bridgehead atoms. The number of carbonyl (C=O) groups excluding carboxylic acids is 1. The van der Waals surface area contributed by atoms with Gasteiger partial charge in [0, 0.05) is 10.6 Å². The van der Waals surface area contributed by atoms with E-state index >= 15 is 0 Å². The van der Waals surface area contributed by atoms with Gasteiger partial charge in [0.1, 0.15) is 0 Å². The molecule has 0 aliphatic carbocycles. The number of hydrogen-bond donors (Lipinski definition) is 1. The molecule has 4 nitrogen and oxygen atoms in total. The van der Waals surface area contributed by atoms with Crippen LogP contribution in [0.3, 0.4) is 0 Å². The molecule has 2 N–H and O–H groups in total. The number of nitrogens with two attached hydrogens (primary N) is 1. The van der Waals surface area contributed by atoms with Crippen LogP contribution in [0.15, 0.2) is 47.6 Å². The number of halogens is 3. The summed E-state index contributed by atoms with van der Waals surface area (Å²) in [6.07, 6.45) is 0. The van der Waals surface area contributed by atoms with Crippen LogP contribution in [0.2, 0.25) is 15.1 Å². The van der Waals surface area contributed by atoms with Crippen LogP contribution in [0.25, 0.3) is 0 Å². The molecule has 0 aromatic heterocycles. The van der Waals surface area contributed by atoms with Crippen molar-refractivity contribution >= 4 is 46.6 Å². The quantitative estimate of drug-likeness (QED) is 0.394. The average molecular weight is 344 g/mol. The van der Waals surface area contributed by atoms with E-state index in [1.807, 2.05) is 0 Å². The summed E-state index contributed by atoms with van der Waals surface area (Å²) in [5, 5.41) is 4.48. The molecule has 0 radical (unpaired) electrons. The second-order valence-electron chi connectivity index (χ2n) is 3.96. The van der Waals surface area contributed by atoms with Crippen molar-refractivity contribution in [3.05, 3.63) is 68.7 Å². The van der Waals surface area contributed by atoms with Crippen molar-refractivity contribution in [2.75, 3.05) is 0 Å². The molecule has 0 heterocycles. The number of rotatable bonds is 3. The van der Waals surface area contributed by atoms with Crippen LogP contribution in [0, 0.1) is 0 Å². The number of nitrogens with zero attached hydrogens (tertiary/aromatic N) is 1. The van der Waals surface area contributed by atoms with Crippen molar-refractivity contribution in [2.24, 2.45) is 10.9 Å². The average Bonchev–Trinajstić information content (AvgIpc) is 2.45. The van der Waals surface area contributed by atoms with Gasteiger partial charge in [0.15, 0.2) is 5.84 Å². The topological polar surface area (TPSA) is 64.7 Å². The molecule has 7 heteroatoms. The summed E-state index contributed by atoms with van der Waals surface area (Å²) in [6.45, 7) is 0. The molecule has 0 amide bonds. The Hall–Kier alpha value is -1.75. The second-order valence-corrected chi connectivity index (χ2v) is 5.21. The molecule has 2 aromatic carbocycles. The maximum absolute atomic E-state index is 11.9. The first-order valence-electron chi connectivity index (χ1n) is 5.74. The summed E-state index contributed by atoms with van der Waals surface area (Å²) >= 11 is 17.6. The van der Waals surface area contributed by atoms with E-state index in [4.69, 9.17) is 45.4 Å². The van der Waals surface area contributed by atoms with Crippen molar-refractivity contribution in [3.8, 4) is 0 Å². The van der Waals surface area contributed by atoms with Gasteiger partial charge in [-0.3, -0.25) is 0 Å². The van der Waals surface area contributed by atoms with E-state index in [1.165, 1.54) is 12.1 Å². The highest BCUT2D eigenvalue weighted by molar-refractivity contribution is 6.39. The highest BCUT2D eigenvalue weighted by atomic mass is 35.5. The smallest absolute Gasteiger partial charge is 0.368 e. The zero-order valence-electron chi connectivity index (χ0n) is 10.5. The van der Waals surface area contributed by atoms with Gasteiger partial charge in [-0.1, -0.05) is 46.0 Å². The summed E-state index contributed by atoms with van der Waals surface area (Å²) in [5.41, 5.74) is 6.31. The minimum Gasteiger partial charge on any atom is -0.380 e. The number of oxime groups is 1. The standard InChI is InChI=1S/C14H9Cl3N2O2/c15-9-6-4-8(5-7-9)13(18)19-21-14(20)12-10(16)2-1-3-11(12)17/h1-7H,(H2,18,19). The lowest BCUT2D eigenvalue weighted by atomic mass is 10.2. The zero-order chi connectivity index (χ0) is 15.4. The minimum absolute atomic E-state index is 0.0307. The predicted octanol–water partition coefficient (Wildman–Crippen LogP) is 4.12. The molecule has 108 valence electrons. The van der Waals surface area contributed by atoms with Gasteiger partial charge in [0.05, 0.1) is 15.6 Å². The molecular weight excluding hydrogens is 335 g/mol. The predicted molar refractivity (Wildman–Crippen MR) is 84.1 cm³/mol. The SMILES string of the molecule is N/C(=N\OC(=O)c1c(Cl)cccc1Cl)c1ccc(Cl)cc1. The molecule has 0 aliphatic rings. The van der Waals surface area contributed by atoms with Crippen molar-refractivity contribution in [1.82, 2.24) is 0 Å². The van der Waals surface area contributed by atoms with Gasteiger partial charge in [-0.15, -0.1) is 0 Å². The first-order valence-corrected chi connectivity index (χ1v) is 6.87. The Balaban J connectivity index is 2.16. The van der Waals surface area contributed by atoms with Crippen molar-refractivity contribution in [3.63, 3.8) is 0 Å². The Morgan fingerprint density at radius 2 is 1.57 bits per heavy atom. The normalized spacial score (nSPS) is 11.3. The van der Waals surface area contributed by atoms with Gasteiger partial charge in [-0.25, -0.2) is 4.79 Å². The van der Waals surface area contributed by atoms with Gasteiger partial charge in [0.25, 0.3) is 0 Å². The molecule has 0 saturated heterocycles. The summed E-state index contributed by atoms with van der Waals surface area (Å²) in [6, 6.07) is 11.3. The summed E-state index contributed by atoms with van der Waals surface area (Å²) < 4.78 is 0. The van der Waals surface area contributed by atoms with Crippen LogP contribution in [-0.4, -0.2) is 11.8 Å². The van der Waals surface area contributed by atoms with E-state index in [9.17, 15) is 4.79 Å². The molecule has 0 atom stereocenters. The Labute approximate surface area is 136 Å². The summed E-state index contributed by atoms with van der Waals surface area (Å²) in [7, 11) is 0. The van der Waals surface area contributed by atoms with Gasteiger partial charge in [0.2, 0.25) is 0 Å². The van der Waals surface area contributed by atoms with Crippen LogP contribution >= 0.6 is 34.8 Å². The maximum atomic E-state index is 11.9. The van der Waals surface area contributed by atoms with E-state index in [0.29, 0.717) is 10.6 Å². The van der Waals surface area contributed by atoms with Crippen LogP contribution in [-0.2, 0) is 4.84 Å². The Morgan fingerprint density at radius 3 is 2.14 bits per heavy atom. The molecule has 2 aromatic rings. The molecular formula is C14H9Cl3N2O2. The number of benzene rings is 2. The lowest BCUT2D eigenvalue weighted by Gasteiger charge is -2.04. The monoisotopic (exact) mass is 342 g/mol. The fourth-order valence-electron chi connectivity index (χ4n) is 1.50. The number of carbonyl (C=O) groups is 1. The van der Waals surface area contributed by atoms with E-state index in [2.05, 4.69) is 5.16 Å². The summed E-state index contributed by atoms with van der Waals surface area (Å²) in [4.78, 5) is 16.7. The summed E-state index contributed by atoms with van der Waals surface area (Å²) in [5.74, 6) is -0.759. The Morgan fingerprint density at radius 1 is 1.00 bits per heavy atom. The molecule has 0 fully saturated rings. The first kappa shape index (κ1) is 15.6. The minimum atomic E-state index is -0.789. The van der Waals surface area contributed by atoms with Gasteiger partial charge in [-0.05, 0) is 36.4 Å². The van der Waals surface area contributed by atoms with Crippen LogP contribution in [0.1, 0.15) is 15.9 Å². The fourth-order valence-corrected chi connectivity index (χ4v) is 2.18. The van der Waals surface area contributed by atoms with Crippen LogP contribution in [0.4, 0.5) is 0 Å². The highest BCUT2D eigenvalue weighted by Gasteiger charge is 2.16. The second kappa shape index (κ2) is 6.80. The van der Waals surface area contributed by atoms with Crippen LogP contribution in [0.5, 0.6) is 0 Å². The van der Waals surface area contributed by atoms with Gasteiger partial charge in [-0.2, -0.15) is 0 Å². The molecule has 0 saturated carbocycles. The highest BCUT2D eigenvalue weighted by Crippen LogP contribution is 2.25. The van der Waals surface area contributed by atoms with Gasteiger partial charge >= 0.3 is 5.97 Å². The van der Waals surface area contributed by atoms with E-state index < -0.39 is 5.97 Å². The van der Waals surface area contributed by atoms with Crippen molar-refractivity contribution in [1.29, 1.82) is 0 Å². The Bertz CT molecular complexity index is 680. The molecule has 0 aliphatic heterocycles. The third kappa shape index (κ3) is 3.88. The first-order chi connectivity index (χ1) is 9.99. The molecule has 0 unspecified atom stereocenters. The molecule has 21 heavy (non-hydrogen) atoms. The van der Waals surface area contributed by atoms with Gasteiger partial charge < -0.3 is 10.6 Å². The van der Waals surface area contributed by atoms with Crippen molar-refractivity contribution in [2.45, 2.75) is 0 Å². The zero-order valence-corrected chi connectivity index (χ0v) is 12.8. The lowest BCUT2D eigenvalue weighted by molar-refractivity contribution is 0.0516. The third-order valence-electron chi connectivity index (χ3n) is 2.53. The molecule has 0 spiro atoms. The lowest BCUT2D eigenvalue weighted by Crippen LogP contribution is -2.15. The third-order valence-corrected chi connectivity index (χ3v) is 3.42. The van der Waals surface area contributed by atoms with Crippen LogP contribution < -0.4 is 5.73 Å².